The molecule has 1 aromatic heterocycles. The van der Waals surface area contributed by atoms with Crippen LogP contribution in [-0.2, 0) is 0 Å². The summed E-state index contributed by atoms with van der Waals surface area (Å²) < 4.78 is 42.1. The minimum absolute atomic E-state index is 0.00435. The van der Waals surface area contributed by atoms with Crippen LogP contribution in [0.25, 0.3) is 10.9 Å². The van der Waals surface area contributed by atoms with E-state index in [1.165, 1.54) is 21.0 Å². The maximum absolute atomic E-state index is 14.2. The van der Waals surface area contributed by atoms with Crippen molar-refractivity contribution in [3.8, 4) is 0 Å². The third-order valence-electron chi connectivity index (χ3n) is 2.68. The van der Waals surface area contributed by atoms with E-state index in [0.717, 1.165) is 4.90 Å². The summed E-state index contributed by atoms with van der Waals surface area (Å²) in [5.74, 6) is -3.82. The molecule has 2 rings (SSSR count). The number of nitrogens with one attached hydrogen (secondary N) is 2. The van der Waals surface area contributed by atoms with Gasteiger partial charge in [0.15, 0.2) is 23.3 Å². The van der Waals surface area contributed by atoms with Gasteiger partial charge in [0.2, 0.25) is 0 Å². The number of hydrogen-bond acceptors (Lipinski definition) is 4. The second-order valence-corrected chi connectivity index (χ2v) is 4.29. The second kappa shape index (κ2) is 5.00. The van der Waals surface area contributed by atoms with Crippen molar-refractivity contribution in [1.82, 2.24) is 15.7 Å². The molecule has 0 amide bonds. The molecule has 0 bridgehead atoms. The van der Waals surface area contributed by atoms with Gasteiger partial charge in [-0.1, -0.05) is 0 Å². The Morgan fingerprint density at radius 2 is 1.90 bits per heavy atom. The number of hydroxylamine groups is 1. The fourth-order valence-corrected chi connectivity index (χ4v) is 1.79. The minimum atomic E-state index is -1.33. The lowest BCUT2D eigenvalue weighted by Gasteiger charge is -2.15. The van der Waals surface area contributed by atoms with Crippen LogP contribution in [0.5, 0.6) is 0 Å². The molecule has 2 aromatic rings. The van der Waals surface area contributed by atoms with Crippen LogP contribution in [0.2, 0.25) is 0 Å². The number of aliphatic imine (C=N–C) groups is 1. The molecule has 0 aliphatic rings. The number of H-pyrrole nitrogens is 1. The van der Waals surface area contributed by atoms with E-state index in [1.54, 1.807) is 5.48 Å². The molecule has 0 fully saturated rings. The molecule has 20 heavy (non-hydrogen) atoms. The highest BCUT2D eigenvalue weighted by Gasteiger charge is 2.25. The quantitative estimate of drug-likeness (QED) is 0.342. The summed E-state index contributed by atoms with van der Waals surface area (Å²) in [6.07, 6.45) is 0. The van der Waals surface area contributed by atoms with Crippen LogP contribution in [0, 0.1) is 17.5 Å². The molecule has 0 saturated carbocycles. The Hall–Kier alpha value is -2.29. The van der Waals surface area contributed by atoms with Gasteiger partial charge in [-0.05, 0) is 6.92 Å². The van der Waals surface area contributed by atoms with Gasteiger partial charge in [-0.3, -0.25) is 15.8 Å². The molecule has 0 saturated heterocycles. The number of fused-ring (bicyclic) bond motifs is 1. The number of hydrogen-bond donors (Lipinski definition) is 3. The lowest BCUT2D eigenvalue weighted by atomic mass is 10.2. The van der Waals surface area contributed by atoms with Crippen LogP contribution in [0.15, 0.2) is 4.99 Å². The number of anilines is 1. The van der Waals surface area contributed by atoms with Crippen LogP contribution in [0.3, 0.4) is 0 Å². The molecule has 3 N–H and O–H groups in total. The molecule has 1 heterocycles. The Morgan fingerprint density at radius 3 is 2.45 bits per heavy atom. The Morgan fingerprint density at radius 1 is 1.25 bits per heavy atom. The summed E-state index contributed by atoms with van der Waals surface area (Å²) in [7, 11) is 2.78. The van der Waals surface area contributed by atoms with Crippen molar-refractivity contribution in [2.45, 2.75) is 6.92 Å². The van der Waals surface area contributed by atoms with Gasteiger partial charge in [-0.25, -0.2) is 18.2 Å². The molecule has 6 nitrogen and oxygen atoms in total. The molecule has 9 heteroatoms. The fourth-order valence-electron chi connectivity index (χ4n) is 1.79. The van der Waals surface area contributed by atoms with Crippen molar-refractivity contribution >= 4 is 28.2 Å². The van der Waals surface area contributed by atoms with Gasteiger partial charge >= 0.3 is 0 Å². The molecule has 108 valence electrons. The van der Waals surface area contributed by atoms with Crippen molar-refractivity contribution in [2.24, 2.45) is 4.99 Å². The first-order chi connectivity index (χ1) is 9.38. The maximum Gasteiger partial charge on any atom is 0.186 e. The second-order valence-electron chi connectivity index (χ2n) is 4.29. The average molecular weight is 287 g/mol. The van der Waals surface area contributed by atoms with E-state index in [2.05, 4.69) is 15.2 Å². The number of aromatic nitrogens is 2. The summed E-state index contributed by atoms with van der Waals surface area (Å²) in [4.78, 5) is 4.83. The van der Waals surface area contributed by atoms with Gasteiger partial charge in [0.05, 0.1) is 5.39 Å². The molecular formula is C11H12F3N5O. The van der Waals surface area contributed by atoms with Crippen molar-refractivity contribution in [2.75, 3.05) is 19.0 Å². The summed E-state index contributed by atoms with van der Waals surface area (Å²) >= 11 is 0. The minimum Gasteiger partial charge on any atom is -0.373 e. The van der Waals surface area contributed by atoms with Crippen molar-refractivity contribution in [3.05, 3.63) is 17.5 Å². The predicted octanol–water partition coefficient (Wildman–Crippen LogP) is 2.07. The van der Waals surface area contributed by atoms with Crippen LogP contribution < -0.4 is 10.4 Å². The molecule has 1 aromatic carbocycles. The number of halogens is 3. The van der Waals surface area contributed by atoms with Gasteiger partial charge in [-0.2, -0.15) is 5.10 Å². The topological polar surface area (TPSA) is 76.5 Å². The van der Waals surface area contributed by atoms with Crippen LogP contribution in [0.4, 0.5) is 24.7 Å². The van der Waals surface area contributed by atoms with Gasteiger partial charge in [-0.15, -0.1) is 0 Å². The molecule has 0 atom stereocenters. The zero-order valence-corrected chi connectivity index (χ0v) is 10.9. The smallest absolute Gasteiger partial charge is 0.186 e. The number of aromatic amines is 1. The first-order valence-corrected chi connectivity index (χ1v) is 5.55. The van der Waals surface area contributed by atoms with Crippen LogP contribution >= 0.6 is 0 Å². The SMILES string of the molecule is CC(=Nc1n[nH]c2c(F)c(N(C)C)c(F)c(F)c12)NO. The van der Waals surface area contributed by atoms with Crippen molar-refractivity contribution in [1.29, 1.82) is 0 Å². The molecular weight excluding hydrogens is 275 g/mol. The molecule has 0 spiro atoms. The average Bonchev–Trinajstić information content (AvgIpc) is 2.80. The Kier molecular flexibility index (Phi) is 3.53. The van der Waals surface area contributed by atoms with E-state index < -0.39 is 28.5 Å². The van der Waals surface area contributed by atoms with Gasteiger partial charge < -0.3 is 4.90 Å². The van der Waals surface area contributed by atoms with E-state index in [0.29, 0.717) is 0 Å². The Bertz CT molecular complexity index is 695. The highest BCUT2D eigenvalue weighted by Crippen LogP contribution is 2.35. The third kappa shape index (κ3) is 2.05. The van der Waals surface area contributed by atoms with Crippen LogP contribution in [-0.4, -0.2) is 35.3 Å². The largest absolute Gasteiger partial charge is 0.373 e. The van der Waals surface area contributed by atoms with Crippen molar-refractivity contribution < 1.29 is 18.4 Å². The maximum atomic E-state index is 14.2. The Balaban J connectivity index is 2.82. The van der Waals surface area contributed by atoms with Gasteiger partial charge in [0, 0.05) is 14.1 Å². The first-order valence-electron chi connectivity index (χ1n) is 5.55. The number of rotatable bonds is 2. The van der Waals surface area contributed by atoms with Gasteiger partial charge in [0.25, 0.3) is 0 Å². The van der Waals surface area contributed by atoms with E-state index >= 15 is 0 Å². The highest BCUT2D eigenvalue weighted by molar-refractivity contribution is 5.95. The summed E-state index contributed by atoms with van der Waals surface area (Å²) in [5, 5.41) is 14.1. The van der Waals surface area contributed by atoms with E-state index in [-0.39, 0.29) is 17.2 Å². The number of benzene rings is 1. The standard InChI is InChI=1S/C11H12F3N5O/c1-4(18-20)15-11-5-6(12)7(13)10(19(2)3)8(14)9(5)16-17-11/h20H,1-3H3,(H2,15,16,17,18). The summed E-state index contributed by atoms with van der Waals surface area (Å²) in [6, 6.07) is 0. The third-order valence-corrected chi connectivity index (χ3v) is 2.68. The van der Waals surface area contributed by atoms with E-state index in [1.807, 2.05) is 0 Å². The highest BCUT2D eigenvalue weighted by atomic mass is 19.2. The number of amidine groups is 1. The van der Waals surface area contributed by atoms with E-state index in [9.17, 15) is 13.2 Å². The zero-order valence-electron chi connectivity index (χ0n) is 10.9. The predicted molar refractivity (Wildman–Crippen MR) is 68.0 cm³/mol. The van der Waals surface area contributed by atoms with Crippen LogP contribution in [0.1, 0.15) is 6.92 Å². The number of nitrogens with zero attached hydrogens (tertiary/aromatic N) is 3. The monoisotopic (exact) mass is 287 g/mol. The Labute approximate surface area is 111 Å². The normalized spacial score (nSPS) is 12.1. The van der Waals surface area contributed by atoms with E-state index in [4.69, 9.17) is 5.21 Å². The zero-order chi connectivity index (χ0) is 15.0. The van der Waals surface area contributed by atoms with Gasteiger partial charge in [0.1, 0.15) is 17.0 Å². The van der Waals surface area contributed by atoms with Crippen molar-refractivity contribution in [3.63, 3.8) is 0 Å². The molecule has 0 aliphatic carbocycles. The molecule has 0 radical (unpaired) electrons. The summed E-state index contributed by atoms with van der Waals surface area (Å²) in [6.45, 7) is 1.37. The lowest BCUT2D eigenvalue weighted by Crippen LogP contribution is -2.14. The fraction of sp³-hybridized carbons (Fsp3) is 0.273. The first kappa shape index (κ1) is 14.1. The summed E-state index contributed by atoms with van der Waals surface area (Å²) in [5.41, 5.74) is 0.922. The lowest BCUT2D eigenvalue weighted by molar-refractivity contribution is 0.234. The molecule has 0 unspecified atom stereocenters. The molecule has 0 aliphatic heterocycles.